The number of hydrogen-bond acceptors (Lipinski definition) is 8. The van der Waals surface area contributed by atoms with Gasteiger partial charge in [-0.25, -0.2) is 8.42 Å². The molecule has 196 valence electrons. The summed E-state index contributed by atoms with van der Waals surface area (Å²) in [5.41, 5.74) is 1.85. The lowest BCUT2D eigenvalue weighted by molar-refractivity contribution is -0.138. The maximum atomic E-state index is 12.2. The molecule has 1 amide bonds. The number of piperidine rings is 1. The summed E-state index contributed by atoms with van der Waals surface area (Å²) in [6.07, 6.45) is 1.77. The molecule has 11 nitrogen and oxygen atoms in total. The molecule has 3 rings (SSSR count). The van der Waals surface area contributed by atoms with Crippen LogP contribution in [0.25, 0.3) is 0 Å². The van der Waals surface area contributed by atoms with Gasteiger partial charge in [0.15, 0.2) is 0 Å². The van der Waals surface area contributed by atoms with Gasteiger partial charge < -0.3 is 30.9 Å². The zero-order valence-electron chi connectivity index (χ0n) is 20.1. The van der Waals surface area contributed by atoms with Crippen molar-refractivity contribution >= 4 is 33.3 Å². The summed E-state index contributed by atoms with van der Waals surface area (Å²) >= 11 is 0. The normalized spacial score (nSPS) is 16.2. The van der Waals surface area contributed by atoms with Gasteiger partial charge in [0.2, 0.25) is 10.0 Å². The molecule has 6 N–H and O–H groups in total. The molecule has 1 heterocycles. The van der Waals surface area contributed by atoms with E-state index in [1.165, 1.54) is 19.1 Å². The summed E-state index contributed by atoms with van der Waals surface area (Å²) < 4.78 is 25.2. The van der Waals surface area contributed by atoms with Gasteiger partial charge in [0, 0.05) is 36.9 Å². The van der Waals surface area contributed by atoms with Crippen molar-refractivity contribution < 1.29 is 33.3 Å². The van der Waals surface area contributed by atoms with Crippen molar-refractivity contribution in [1.82, 2.24) is 10.6 Å². The van der Waals surface area contributed by atoms with E-state index < -0.39 is 34.0 Å². The molecule has 2 atom stereocenters. The maximum Gasteiger partial charge on any atom is 0.325 e. The van der Waals surface area contributed by atoms with Crippen molar-refractivity contribution in [2.45, 2.75) is 38.0 Å². The van der Waals surface area contributed by atoms with Gasteiger partial charge in [0.25, 0.3) is 5.91 Å². The first kappa shape index (κ1) is 27.2. The number of hydrogen-bond donors (Lipinski definition) is 6. The molecule has 0 radical (unpaired) electrons. The average molecular weight is 521 g/mol. The van der Waals surface area contributed by atoms with E-state index in [1.807, 2.05) is 12.1 Å². The number of aliphatic hydroxyl groups excluding tert-OH is 1. The number of rotatable bonds is 10. The Kier molecular flexibility index (Phi) is 8.77. The Morgan fingerprint density at radius 1 is 1.11 bits per heavy atom. The number of phenolic OH excluding ortho intramolecular Hbond substituents is 1. The predicted molar refractivity (Wildman–Crippen MR) is 136 cm³/mol. The molecular weight excluding hydrogens is 488 g/mol. The van der Waals surface area contributed by atoms with Gasteiger partial charge >= 0.3 is 5.97 Å². The summed E-state index contributed by atoms with van der Waals surface area (Å²) in [4.78, 5) is 25.3. The van der Waals surface area contributed by atoms with Gasteiger partial charge in [-0.3, -0.25) is 14.3 Å². The summed E-state index contributed by atoms with van der Waals surface area (Å²) in [5, 5.41) is 35.1. The van der Waals surface area contributed by atoms with Gasteiger partial charge in [-0.2, -0.15) is 0 Å². The largest absolute Gasteiger partial charge is 0.506 e. The van der Waals surface area contributed by atoms with E-state index in [0.29, 0.717) is 11.1 Å². The number of aliphatic hydroxyl groups is 1. The van der Waals surface area contributed by atoms with Gasteiger partial charge in [-0.1, -0.05) is 6.07 Å². The van der Waals surface area contributed by atoms with Crippen molar-refractivity contribution in [3.05, 3.63) is 53.6 Å². The van der Waals surface area contributed by atoms with Crippen LogP contribution in [-0.2, 0) is 14.8 Å². The van der Waals surface area contributed by atoms with Gasteiger partial charge in [-0.05, 0) is 61.7 Å². The molecule has 0 spiro atoms. The lowest BCUT2D eigenvalue weighted by Gasteiger charge is -2.34. The number of benzene rings is 2. The summed E-state index contributed by atoms with van der Waals surface area (Å²) in [6.45, 7) is 3.23. The molecule has 1 aliphatic heterocycles. The Bertz CT molecular complexity index is 1180. The number of carboxylic acids is 1. The highest BCUT2D eigenvalue weighted by atomic mass is 32.2. The zero-order chi connectivity index (χ0) is 26.5. The number of anilines is 2. The second-order valence-electron chi connectivity index (χ2n) is 8.92. The molecule has 1 aliphatic rings. The third-order valence-corrected chi connectivity index (χ3v) is 6.60. The second kappa shape index (κ2) is 11.6. The smallest absolute Gasteiger partial charge is 0.325 e. The SMILES string of the molecule is C[C@H](NC(=O)c1ccc(N2CCC(NC[C@H](O)c3ccc(O)c(NS(C)(=O)=O)c3)CC2)cc1)C(=O)O. The number of phenols is 1. The van der Waals surface area contributed by atoms with Crippen LogP contribution < -0.4 is 20.3 Å². The third kappa shape index (κ3) is 7.57. The molecule has 0 unspecified atom stereocenters. The van der Waals surface area contributed by atoms with Crippen LogP contribution in [0.15, 0.2) is 42.5 Å². The molecule has 1 saturated heterocycles. The van der Waals surface area contributed by atoms with Crippen molar-refractivity contribution in [3.8, 4) is 5.75 Å². The molecular formula is C24H32N4O7S. The van der Waals surface area contributed by atoms with Crippen LogP contribution in [0.4, 0.5) is 11.4 Å². The molecule has 2 aromatic carbocycles. The predicted octanol–water partition coefficient (Wildman–Crippen LogP) is 1.26. The lowest BCUT2D eigenvalue weighted by atomic mass is 10.0. The Morgan fingerprint density at radius 2 is 1.75 bits per heavy atom. The van der Waals surface area contributed by atoms with Crippen LogP contribution in [0.5, 0.6) is 5.75 Å². The Hall–Kier alpha value is -3.35. The van der Waals surface area contributed by atoms with Crippen LogP contribution >= 0.6 is 0 Å². The first-order valence-electron chi connectivity index (χ1n) is 11.5. The Balaban J connectivity index is 1.49. The van der Waals surface area contributed by atoms with E-state index in [2.05, 4.69) is 20.3 Å². The van der Waals surface area contributed by atoms with Crippen LogP contribution in [-0.4, -0.2) is 73.6 Å². The number of sulfonamides is 1. The van der Waals surface area contributed by atoms with Crippen LogP contribution in [0, 0.1) is 0 Å². The molecule has 0 aromatic heterocycles. The molecule has 0 bridgehead atoms. The number of carboxylic acid groups (broad SMARTS) is 1. The number of amides is 1. The Morgan fingerprint density at radius 3 is 2.33 bits per heavy atom. The third-order valence-electron chi connectivity index (χ3n) is 6.01. The molecule has 36 heavy (non-hydrogen) atoms. The van der Waals surface area contributed by atoms with E-state index in [-0.39, 0.29) is 24.0 Å². The monoisotopic (exact) mass is 520 g/mol. The first-order chi connectivity index (χ1) is 16.9. The van der Waals surface area contributed by atoms with E-state index in [0.717, 1.165) is 37.9 Å². The van der Waals surface area contributed by atoms with E-state index in [1.54, 1.807) is 18.2 Å². The number of nitrogens with one attached hydrogen (secondary N) is 3. The van der Waals surface area contributed by atoms with Gasteiger partial charge in [-0.15, -0.1) is 0 Å². The number of carbonyl (C=O) groups excluding carboxylic acids is 1. The lowest BCUT2D eigenvalue weighted by Crippen LogP contribution is -2.43. The minimum atomic E-state index is -3.57. The molecule has 1 fully saturated rings. The fourth-order valence-corrected chi connectivity index (χ4v) is 4.51. The fraction of sp³-hybridized carbons (Fsp3) is 0.417. The average Bonchev–Trinajstić information content (AvgIpc) is 2.83. The van der Waals surface area contributed by atoms with Crippen molar-refractivity contribution in [1.29, 1.82) is 0 Å². The van der Waals surface area contributed by atoms with Gasteiger partial charge in [0.05, 0.1) is 18.0 Å². The minimum Gasteiger partial charge on any atom is -0.506 e. The molecule has 2 aromatic rings. The number of carbonyl (C=O) groups is 2. The maximum absolute atomic E-state index is 12.2. The van der Waals surface area contributed by atoms with Crippen molar-refractivity contribution in [3.63, 3.8) is 0 Å². The van der Waals surface area contributed by atoms with Crippen LogP contribution in [0.3, 0.4) is 0 Å². The Labute approximate surface area is 210 Å². The summed E-state index contributed by atoms with van der Waals surface area (Å²) in [7, 11) is -3.57. The minimum absolute atomic E-state index is 0.0160. The van der Waals surface area contributed by atoms with Crippen LogP contribution in [0.1, 0.15) is 41.8 Å². The van der Waals surface area contributed by atoms with E-state index >= 15 is 0 Å². The standard InChI is InChI=1S/C24H32N4O7S/c1-15(24(32)33)26-23(31)16-3-6-19(7-4-16)28-11-9-18(10-12-28)25-14-22(30)17-5-8-21(29)20(13-17)27-36(2,34)35/h3-8,13,15,18,22,25,27,29-30H,9-12,14H2,1-2H3,(H,26,31)(H,32,33)/t15-,22-/m0/s1. The summed E-state index contributed by atoms with van der Waals surface area (Å²) in [5.74, 6) is -1.76. The number of aromatic hydroxyl groups is 1. The number of aliphatic carboxylic acids is 1. The van der Waals surface area contributed by atoms with Crippen molar-refractivity contribution in [2.24, 2.45) is 0 Å². The molecule has 12 heteroatoms. The highest BCUT2D eigenvalue weighted by Crippen LogP contribution is 2.28. The topological polar surface area (TPSA) is 168 Å². The second-order valence-corrected chi connectivity index (χ2v) is 10.7. The zero-order valence-corrected chi connectivity index (χ0v) is 21.0. The summed E-state index contributed by atoms with van der Waals surface area (Å²) in [6, 6.07) is 10.5. The molecule has 0 saturated carbocycles. The van der Waals surface area contributed by atoms with Gasteiger partial charge in [0.1, 0.15) is 11.8 Å². The van der Waals surface area contributed by atoms with E-state index in [9.17, 15) is 28.2 Å². The van der Waals surface area contributed by atoms with E-state index in [4.69, 9.17) is 5.11 Å². The fourth-order valence-electron chi connectivity index (χ4n) is 3.95. The highest BCUT2D eigenvalue weighted by molar-refractivity contribution is 7.92. The highest BCUT2D eigenvalue weighted by Gasteiger charge is 2.21. The van der Waals surface area contributed by atoms with Crippen LogP contribution in [0.2, 0.25) is 0 Å². The first-order valence-corrected chi connectivity index (χ1v) is 13.4. The quantitative estimate of drug-likeness (QED) is 0.253. The number of nitrogens with zero attached hydrogens (tertiary/aromatic N) is 1. The molecule has 0 aliphatic carbocycles. The van der Waals surface area contributed by atoms with Crippen molar-refractivity contribution in [2.75, 3.05) is 35.5 Å².